The Balaban J connectivity index is 2.03. The van der Waals surface area contributed by atoms with Crippen molar-refractivity contribution in [1.82, 2.24) is 4.98 Å². The molecule has 0 N–H and O–H groups in total. The van der Waals surface area contributed by atoms with Gasteiger partial charge in [-0.1, -0.05) is 18.2 Å². The predicted molar refractivity (Wildman–Crippen MR) is 73.3 cm³/mol. The molecule has 1 aromatic heterocycles. The Labute approximate surface area is 114 Å². The van der Waals surface area contributed by atoms with Crippen LogP contribution in [0.15, 0.2) is 48.8 Å². The average Bonchev–Trinajstić information content (AvgIpc) is 2.82. The van der Waals surface area contributed by atoms with E-state index in [0.29, 0.717) is 11.4 Å². The van der Waals surface area contributed by atoms with Gasteiger partial charge in [0, 0.05) is 18.0 Å². The summed E-state index contributed by atoms with van der Waals surface area (Å²) >= 11 is 1.48. The number of aromatic nitrogens is 1. The summed E-state index contributed by atoms with van der Waals surface area (Å²) in [4.78, 5) is 17.6. The standard InChI is InChI=1S/C14H11FN2OS/c15-11-5-1-2-6-12(11)17-13(18)9-19-14(17)10-4-3-7-16-8-10/h1-8,14H,9H2. The second-order valence-electron chi connectivity index (χ2n) is 4.16. The number of anilines is 1. The number of benzene rings is 1. The van der Waals surface area contributed by atoms with Crippen molar-refractivity contribution in [2.45, 2.75) is 5.37 Å². The molecule has 1 saturated heterocycles. The maximum Gasteiger partial charge on any atom is 0.238 e. The highest BCUT2D eigenvalue weighted by Crippen LogP contribution is 2.42. The van der Waals surface area contributed by atoms with Gasteiger partial charge in [-0.3, -0.25) is 14.7 Å². The number of nitrogens with zero attached hydrogens (tertiary/aromatic N) is 2. The molecule has 1 aliphatic rings. The van der Waals surface area contributed by atoms with Gasteiger partial charge in [-0.05, 0) is 18.2 Å². The van der Waals surface area contributed by atoms with E-state index >= 15 is 0 Å². The van der Waals surface area contributed by atoms with E-state index in [4.69, 9.17) is 0 Å². The van der Waals surface area contributed by atoms with E-state index in [-0.39, 0.29) is 17.1 Å². The van der Waals surface area contributed by atoms with Crippen molar-refractivity contribution in [3.05, 3.63) is 60.2 Å². The summed E-state index contributed by atoms with van der Waals surface area (Å²) in [5.41, 5.74) is 1.23. The van der Waals surface area contributed by atoms with Gasteiger partial charge in [0.05, 0.1) is 11.4 Å². The quantitative estimate of drug-likeness (QED) is 0.844. The number of hydrogen-bond acceptors (Lipinski definition) is 3. The third kappa shape index (κ3) is 2.21. The van der Waals surface area contributed by atoms with Gasteiger partial charge in [0.1, 0.15) is 11.2 Å². The molecule has 0 bridgehead atoms. The molecule has 96 valence electrons. The number of thioether (sulfide) groups is 1. The van der Waals surface area contributed by atoms with Crippen molar-refractivity contribution in [3.63, 3.8) is 0 Å². The molecule has 3 rings (SSSR count). The van der Waals surface area contributed by atoms with Gasteiger partial charge in [0.15, 0.2) is 0 Å². The minimum Gasteiger partial charge on any atom is -0.292 e. The monoisotopic (exact) mass is 274 g/mol. The molecule has 2 aromatic rings. The number of hydrogen-bond donors (Lipinski definition) is 0. The summed E-state index contributed by atoms with van der Waals surface area (Å²) < 4.78 is 13.9. The van der Waals surface area contributed by atoms with Gasteiger partial charge in [-0.2, -0.15) is 0 Å². The first-order valence-corrected chi connectivity index (χ1v) is 6.90. The van der Waals surface area contributed by atoms with Crippen molar-refractivity contribution in [1.29, 1.82) is 0 Å². The summed E-state index contributed by atoms with van der Waals surface area (Å²) in [5.74, 6) is -0.107. The topological polar surface area (TPSA) is 33.2 Å². The van der Waals surface area contributed by atoms with Gasteiger partial charge in [0.25, 0.3) is 0 Å². The van der Waals surface area contributed by atoms with Crippen molar-refractivity contribution < 1.29 is 9.18 Å². The summed E-state index contributed by atoms with van der Waals surface area (Å²) in [6.07, 6.45) is 3.39. The molecular weight excluding hydrogens is 263 g/mol. The van der Waals surface area contributed by atoms with E-state index in [1.807, 2.05) is 12.1 Å². The lowest BCUT2D eigenvalue weighted by Crippen LogP contribution is -2.28. The SMILES string of the molecule is O=C1CSC(c2cccnc2)N1c1ccccc1F. The van der Waals surface area contributed by atoms with E-state index in [1.165, 1.54) is 22.7 Å². The van der Waals surface area contributed by atoms with E-state index in [2.05, 4.69) is 4.98 Å². The molecule has 2 heterocycles. The fourth-order valence-corrected chi connectivity index (χ4v) is 3.25. The highest BCUT2D eigenvalue weighted by molar-refractivity contribution is 8.00. The molecule has 1 aromatic carbocycles. The molecule has 1 aliphatic heterocycles. The lowest BCUT2D eigenvalue weighted by molar-refractivity contribution is -0.115. The predicted octanol–water partition coefficient (Wildman–Crippen LogP) is 3.00. The zero-order valence-electron chi connectivity index (χ0n) is 9.99. The van der Waals surface area contributed by atoms with E-state index in [1.54, 1.807) is 30.6 Å². The van der Waals surface area contributed by atoms with Crippen LogP contribution in [0.4, 0.5) is 10.1 Å². The smallest absolute Gasteiger partial charge is 0.238 e. The summed E-state index contributed by atoms with van der Waals surface area (Å²) in [6.45, 7) is 0. The maximum absolute atomic E-state index is 13.9. The lowest BCUT2D eigenvalue weighted by atomic mass is 10.2. The number of amides is 1. The van der Waals surface area contributed by atoms with Gasteiger partial charge in [0.2, 0.25) is 5.91 Å². The second kappa shape index (κ2) is 5.01. The van der Waals surface area contributed by atoms with E-state index in [9.17, 15) is 9.18 Å². The number of rotatable bonds is 2. The van der Waals surface area contributed by atoms with E-state index in [0.717, 1.165) is 5.56 Å². The Morgan fingerprint density at radius 1 is 1.26 bits per heavy atom. The minimum atomic E-state index is -0.382. The Kier molecular flexibility index (Phi) is 3.21. The zero-order valence-corrected chi connectivity index (χ0v) is 10.8. The van der Waals surface area contributed by atoms with Crippen LogP contribution in [0.25, 0.3) is 0 Å². The normalized spacial score (nSPS) is 18.9. The Bertz CT molecular complexity index is 605. The van der Waals surface area contributed by atoms with Crippen molar-refractivity contribution >= 4 is 23.4 Å². The third-order valence-electron chi connectivity index (χ3n) is 2.95. The number of halogens is 1. The van der Waals surface area contributed by atoms with Crippen LogP contribution in [-0.4, -0.2) is 16.6 Å². The fourth-order valence-electron chi connectivity index (χ4n) is 2.10. The Hall–Kier alpha value is -1.88. The Morgan fingerprint density at radius 3 is 2.84 bits per heavy atom. The first kappa shape index (κ1) is 12.2. The molecule has 0 aliphatic carbocycles. The summed E-state index contributed by atoms with van der Waals surface area (Å²) in [6, 6.07) is 10.1. The molecule has 0 radical (unpaired) electrons. The van der Waals surface area contributed by atoms with Crippen molar-refractivity contribution in [2.75, 3.05) is 10.7 Å². The molecule has 5 heteroatoms. The van der Waals surface area contributed by atoms with Gasteiger partial charge < -0.3 is 0 Å². The molecule has 19 heavy (non-hydrogen) atoms. The molecule has 0 saturated carbocycles. The van der Waals surface area contributed by atoms with Crippen LogP contribution in [-0.2, 0) is 4.79 Å². The molecular formula is C14H11FN2OS. The van der Waals surface area contributed by atoms with Crippen LogP contribution in [0.1, 0.15) is 10.9 Å². The molecule has 3 nitrogen and oxygen atoms in total. The molecule has 1 amide bonds. The van der Waals surface area contributed by atoms with Crippen LogP contribution < -0.4 is 4.90 Å². The minimum absolute atomic E-state index is 0.0797. The largest absolute Gasteiger partial charge is 0.292 e. The zero-order chi connectivity index (χ0) is 13.2. The first-order valence-electron chi connectivity index (χ1n) is 5.85. The number of pyridine rings is 1. The second-order valence-corrected chi connectivity index (χ2v) is 5.23. The number of carbonyl (C=O) groups is 1. The third-order valence-corrected chi connectivity index (χ3v) is 4.16. The van der Waals surface area contributed by atoms with Crippen LogP contribution in [0.2, 0.25) is 0 Å². The van der Waals surface area contributed by atoms with Crippen LogP contribution in [0.5, 0.6) is 0 Å². The fraction of sp³-hybridized carbons (Fsp3) is 0.143. The first-order chi connectivity index (χ1) is 9.27. The number of carbonyl (C=O) groups excluding carboxylic acids is 1. The molecule has 1 atom stereocenters. The summed E-state index contributed by atoms with van der Waals surface area (Å²) in [7, 11) is 0. The Morgan fingerprint density at radius 2 is 2.11 bits per heavy atom. The van der Waals surface area contributed by atoms with Crippen molar-refractivity contribution in [3.8, 4) is 0 Å². The highest BCUT2D eigenvalue weighted by Gasteiger charge is 2.35. The van der Waals surface area contributed by atoms with Crippen LogP contribution in [0.3, 0.4) is 0 Å². The van der Waals surface area contributed by atoms with Gasteiger partial charge in [-0.25, -0.2) is 4.39 Å². The van der Waals surface area contributed by atoms with Crippen molar-refractivity contribution in [2.24, 2.45) is 0 Å². The van der Waals surface area contributed by atoms with Crippen LogP contribution >= 0.6 is 11.8 Å². The highest BCUT2D eigenvalue weighted by atomic mass is 32.2. The molecule has 0 spiro atoms. The molecule has 1 fully saturated rings. The average molecular weight is 274 g/mol. The summed E-state index contributed by atoms with van der Waals surface area (Å²) in [5, 5.41) is -0.210. The number of para-hydroxylation sites is 1. The maximum atomic E-state index is 13.9. The molecule has 1 unspecified atom stereocenters. The van der Waals surface area contributed by atoms with E-state index < -0.39 is 0 Å². The van der Waals surface area contributed by atoms with Crippen LogP contribution in [0, 0.1) is 5.82 Å². The van der Waals surface area contributed by atoms with Gasteiger partial charge in [-0.15, -0.1) is 11.8 Å². The lowest BCUT2D eigenvalue weighted by Gasteiger charge is -2.24. The van der Waals surface area contributed by atoms with Gasteiger partial charge >= 0.3 is 0 Å².